The molecule has 0 fully saturated rings. The van der Waals surface area contributed by atoms with Crippen molar-refractivity contribution in [2.24, 2.45) is 7.05 Å². The van der Waals surface area contributed by atoms with Crippen LogP contribution in [0, 0.1) is 6.92 Å². The minimum absolute atomic E-state index is 0.0629. The Labute approximate surface area is 152 Å². The number of pyridine rings is 1. The predicted molar refractivity (Wildman–Crippen MR) is 104 cm³/mol. The maximum absolute atomic E-state index is 6.43. The molecule has 0 saturated heterocycles. The van der Waals surface area contributed by atoms with Gasteiger partial charge in [-0.15, -0.1) is 0 Å². The van der Waals surface area contributed by atoms with E-state index in [0.717, 1.165) is 28.0 Å². The summed E-state index contributed by atoms with van der Waals surface area (Å²) in [4.78, 5) is 0. The number of aromatic nitrogens is 1. The van der Waals surface area contributed by atoms with Crippen molar-refractivity contribution in [3.8, 4) is 22.8 Å². The van der Waals surface area contributed by atoms with Crippen LogP contribution in [0.2, 0.25) is 0 Å². The van der Waals surface area contributed by atoms with E-state index in [1.807, 2.05) is 12.1 Å². The largest absolute Gasteiger partial charge is 0.464 e. The van der Waals surface area contributed by atoms with Crippen molar-refractivity contribution in [2.45, 2.75) is 33.1 Å². The molecule has 1 aliphatic heterocycles. The number of ether oxygens (including phenoxy) is 1. The summed E-state index contributed by atoms with van der Waals surface area (Å²) in [5.74, 6) is 1.79. The molecule has 3 heteroatoms. The van der Waals surface area contributed by atoms with Gasteiger partial charge in [0.15, 0.2) is 6.20 Å². The minimum atomic E-state index is 0.0629. The summed E-state index contributed by atoms with van der Waals surface area (Å²) < 4.78 is 14.3. The number of hydrogen-bond acceptors (Lipinski definition) is 2. The lowest BCUT2D eigenvalue weighted by Crippen LogP contribution is -2.32. The van der Waals surface area contributed by atoms with Gasteiger partial charge in [-0.2, -0.15) is 0 Å². The van der Waals surface area contributed by atoms with Gasteiger partial charge in [0.2, 0.25) is 5.69 Å². The predicted octanol–water partition coefficient (Wildman–Crippen LogP) is 5.79. The number of nitrogens with zero attached hydrogens (tertiary/aromatic N) is 1. The monoisotopic (exact) mass is 344 g/mol. The van der Waals surface area contributed by atoms with Crippen LogP contribution in [0.15, 0.2) is 47.2 Å². The molecular formula is C23H22NO2+. The molecule has 2 aromatic carbocycles. The van der Waals surface area contributed by atoms with Crippen LogP contribution in [-0.4, -0.2) is 0 Å². The van der Waals surface area contributed by atoms with Gasteiger partial charge in [-0.1, -0.05) is 20.8 Å². The average molecular weight is 344 g/mol. The summed E-state index contributed by atoms with van der Waals surface area (Å²) in [7, 11) is 2.10. The first-order valence-corrected chi connectivity index (χ1v) is 9.00. The standard InChI is InChI=1S/C23H22NO2/c1-13-16-7-9-25-17(16)12-19-20(13)22-21-14(6-8-24(22)5)10-15(23(2,3)4)11-18(21)26-19/h6-12H,1-5H3/q+1. The second-order valence-electron chi connectivity index (χ2n) is 8.27. The molecule has 2 aromatic heterocycles. The fraction of sp³-hybridized carbons (Fsp3) is 0.261. The highest BCUT2D eigenvalue weighted by atomic mass is 16.5. The molecule has 0 unspecified atom stereocenters. The van der Waals surface area contributed by atoms with Crippen molar-refractivity contribution in [1.29, 1.82) is 0 Å². The fourth-order valence-electron chi connectivity index (χ4n) is 4.03. The number of benzene rings is 2. The molecular weight excluding hydrogens is 322 g/mol. The Morgan fingerprint density at radius 3 is 2.58 bits per heavy atom. The van der Waals surface area contributed by atoms with Gasteiger partial charge < -0.3 is 9.15 Å². The van der Waals surface area contributed by atoms with Crippen LogP contribution >= 0.6 is 0 Å². The van der Waals surface area contributed by atoms with Gasteiger partial charge in [0, 0.05) is 17.5 Å². The molecule has 0 amide bonds. The lowest BCUT2D eigenvalue weighted by molar-refractivity contribution is -0.659. The van der Waals surface area contributed by atoms with E-state index in [-0.39, 0.29) is 5.41 Å². The highest BCUT2D eigenvalue weighted by Gasteiger charge is 2.31. The quantitative estimate of drug-likeness (QED) is 0.332. The number of fused-ring (bicyclic) bond motifs is 3. The SMILES string of the molecule is Cc1c2c(cc3occc13)Oc1cc(C(C)(C)C)cc3cc[n+](C)c-2c13. The van der Waals surface area contributed by atoms with Gasteiger partial charge in [-0.05, 0) is 47.1 Å². The molecule has 0 radical (unpaired) electrons. The number of hydrogen-bond donors (Lipinski definition) is 0. The van der Waals surface area contributed by atoms with Crippen molar-refractivity contribution in [2.75, 3.05) is 0 Å². The van der Waals surface area contributed by atoms with Crippen LogP contribution in [-0.2, 0) is 12.5 Å². The van der Waals surface area contributed by atoms with E-state index in [4.69, 9.17) is 9.15 Å². The van der Waals surface area contributed by atoms with Gasteiger partial charge in [0.25, 0.3) is 0 Å². The lowest BCUT2D eigenvalue weighted by atomic mass is 9.84. The zero-order chi connectivity index (χ0) is 18.2. The molecule has 4 aromatic rings. The van der Waals surface area contributed by atoms with Crippen LogP contribution in [0.25, 0.3) is 33.0 Å². The second kappa shape index (κ2) is 4.88. The third-order valence-corrected chi connectivity index (χ3v) is 5.51. The van der Waals surface area contributed by atoms with Crippen LogP contribution in [0.4, 0.5) is 0 Å². The summed E-state index contributed by atoms with van der Waals surface area (Å²) in [6, 6.07) is 10.7. The molecule has 3 heterocycles. The molecule has 130 valence electrons. The molecule has 0 spiro atoms. The van der Waals surface area contributed by atoms with Crippen LogP contribution in [0.5, 0.6) is 11.5 Å². The highest BCUT2D eigenvalue weighted by molar-refractivity contribution is 6.04. The normalized spacial score (nSPS) is 13.1. The van der Waals surface area contributed by atoms with E-state index >= 15 is 0 Å². The Morgan fingerprint density at radius 2 is 1.81 bits per heavy atom. The molecule has 0 bridgehead atoms. The zero-order valence-corrected chi connectivity index (χ0v) is 15.8. The second-order valence-corrected chi connectivity index (χ2v) is 8.27. The number of aryl methyl sites for hydroxylation is 2. The van der Waals surface area contributed by atoms with E-state index in [1.54, 1.807) is 6.26 Å². The Balaban J connectivity index is 1.94. The van der Waals surface area contributed by atoms with Crippen LogP contribution in [0.1, 0.15) is 31.9 Å². The van der Waals surface area contributed by atoms with Crippen molar-refractivity contribution in [3.63, 3.8) is 0 Å². The average Bonchev–Trinajstić information content (AvgIpc) is 3.05. The third kappa shape index (κ3) is 1.97. The zero-order valence-electron chi connectivity index (χ0n) is 15.8. The molecule has 0 N–H and O–H groups in total. The first kappa shape index (κ1) is 15.4. The maximum Gasteiger partial charge on any atom is 0.228 e. The molecule has 0 saturated carbocycles. The number of rotatable bonds is 0. The van der Waals surface area contributed by atoms with Crippen molar-refractivity contribution >= 4 is 21.7 Å². The van der Waals surface area contributed by atoms with Crippen molar-refractivity contribution in [1.82, 2.24) is 0 Å². The van der Waals surface area contributed by atoms with Gasteiger partial charge >= 0.3 is 0 Å². The molecule has 5 rings (SSSR count). The van der Waals surface area contributed by atoms with Gasteiger partial charge in [0.1, 0.15) is 24.1 Å². The van der Waals surface area contributed by atoms with Gasteiger partial charge in [-0.3, -0.25) is 0 Å². The van der Waals surface area contributed by atoms with E-state index in [0.29, 0.717) is 0 Å². The molecule has 3 nitrogen and oxygen atoms in total. The summed E-state index contributed by atoms with van der Waals surface area (Å²) in [6.07, 6.45) is 3.89. The topological polar surface area (TPSA) is 26.2 Å². The Hall–Kier alpha value is -2.81. The summed E-state index contributed by atoms with van der Waals surface area (Å²) >= 11 is 0. The minimum Gasteiger partial charge on any atom is -0.464 e. The maximum atomic E-state index is 6.43. The number of furan rings is 1. The lowest BCUT2D eigenvalue weighted by Gasteiger charge is -2.25. The fourth-order valence-corrected chi connectivity index (χ4v) is 4.03. The van der Waals surface area contributed by atoms with E-state index < -0.39 is 0 Å². The van der Waals surface area contributed by atoms with Crippen LogP contribution < -0.4 is 9.30 Å². The third-order valence-electron chi connectivity index (χ3n) is 5.51. The smallest absolute Gasteiger partial charge is 0.228 e. The molecule has 0 aliphatic carbocycles. The van der Waals surface area contributed by atoms with E-state index in [9.17, 15) is 0 Å². The molecule has 0 atom stereocenters. The first-order valence-electron chi connectivity index (χ1n) is 9.00. The first-order chi connectivity index (χ1) is 12.3. The Kier molecular flexibility index (Phi) is 2.90. The van der Waals surface area contributed by atoms with Gasteiger partial charge in [-0.25, -0.2) is 4.57 Å². The highest BCUT2D eigenvalue weighted by Crippen LogP contribution is 2.49. The molecule has 1 aliphatic rings. The molecule has 26 heavy (non-hydrogen) atoms. The summed E-state index contributed by atoms with van der Waals surface area (Å²) in [6.45, 7) is 8.85. The van der Waals surface area contributed by atoms with Crippen LogP contribution in [0.3, 0.4) is 0 Å². The van der Waals surface area contributed by atoms with E-state index in [2.05, 4.69) is 63.7 Å². The summed E-state index contributed by atoms with van der Waals surface area (Å²) in [5, 5.41) is 3.54. The van der Waals surface area contributed by atoms with Crippen molar-refractivity contribution < 1.29 is 13.7 Å². The van der Waals surface area contributed by atoms with Crippen molar-refractivity contribution in [3.05, 3.63) is 53.9 Å². The summed E-state index contributed by atoms with van der Waals surface area (Å²) in [5.41, 5.74) is 5.77. The Bertz CT molecular complexity index is 1210. The Morgan fingerprint density at radius 1 is 1.00 bits per heavy atom. The van der Waals surface area contributed by atoms with Gasteiger partial charge in [0.05, 0.1) is 17.2 Å². The van der Waals surface area contributed by atoms with E-state index in [1.165, 1.54) is 27.6 Å².